The maximum absolute atomic E-state index is 13.6. The Hall–Kier alpha value is -5.35. The highest BCUT2D eigenvalue weighted by atomic mass is 32.2. The molecule has 0 heterocycles. The molecule has 294 valence electrons. The van der Waals surface area contributed by atoms with Gasteiger partial charge in [0.2, 0.25) is 35.4 Å². The number of carboxylic acid groups (broad SMARTS) is 2. The molecule has 0 saturated carbocycles. The maximum Gasteiger partial charge on any atom is 0.303 e. The van der Waals surface area contributed by atoms with E-state index in [1.165, 1.54) is 11.8 Å². The molecule has 0 aromatic rings. The summed E-state index contributed by atoms with van der Waals surface area (Å²) in [6.45, 7) is 1.32. The van der Waals surface area contributed by atoms with Gasteiger partial charge in [0.15, 0.2) is 11.9 Å². The fraction of sp³-hybridized carbons (Fsp3) is 0.655. The number of aliphatic imine (C=N–C) groups is 2. The highest BCUT2D eigenvalue weighted by Gasteiger charge is 2.32. The molecular formula is C29H52N12O10S. The molecule has 0 spiro atoms. The van der Waals surface area contributed by atoms with E-state index >= 15 is 0 Å². The quantitative estimate of drug-likeness (QED) is 0.0213. The third-order valence-corrected chi connectivity index (χ3v) is 7.69. The van der Waals surface area contributed by atoms with E-state index in [-0.39, 0.29) is 63.5 Å². The van der Waals surface area contributed by atoms with Crippen molar-refractivity contribution in [3.8, 4) is 0 Å². The Labute approximate surface area is 304 Å². The third kappa shape index (κ3) is 21.7. The van der Waals surface area contributed by atoms with Gasteiger partial charge in [-0.15, -0.1) is 0 Å². The van der Waals surface area contributed by atoms with E-state index in [0.717, 1.165) is 6.92 Å². The minimum Gasteiger partial charge on any atom is -0.481 e. The van der Waals surface area contributed by atoms with Gasteiger partial charge in [-0.1, -0.05) is 0 Å². The summed E-state index contributed by atoms with van der Waals surface area (Å²) in [7, 11) is 0. The van der Waals surface area contributed by atoms with Crippen LogP contribution in [0.25, 0.3) is 0 Å². The molecule has 52 heavy (non-hydrogen) atoms. The van der Waals surface area contributed by atoms with Gasteiger partial charge in [-0.2, -0.15) is 11.8 Å². The zero-order chi connectivity index (χ0) is 39.8. The van der Waals surface area contributed by atoms with Gasteiger partial charge in [-0.05, 0) is 57.0 Å². The fourth-order valence-corrected chi connectivity index (χ4v) is 4.95. The lowest BCUT2D eigenvalue weighted by Crippen LogP contribution is -2.59. The Balaban J connectivity index is 6.23. The number of amides is 6. The summed E-state index contributed by atoms with van der Waals surface area (Å²) in [5, 5.41) is 30.6. The van der Waals surface area contributed by atoms with Crippen LogP contribution in [0, 0.1) is 0 Å². The largest absolute Gasteiger partial charge is 0.481 e. The number of nitrogens with one attached hydrogen (secondary N) is 5. The van der Waals surface area contributed by atoms with E-state index in [1.807, 2.05) is 0 Å². The van der Waals surface area contributed by atoms with Crippen LogP contribution in [0.3, 0.4) is 0 Å². The predicted molar refractivity (Wildman–Crippen MR) is 191 cm³/mol. The monoisotopic (exact) mass is 760 g/mol. The van der Waals surface area contributed by atoms with E-state index in [1.54, 1.807) is 6.26 Å². The SMILES string of the molecule is CSCCC(NC(=O)C(CCC(=O)O)NC(C)=O)C(=O)NC(CCC(=O)O)C(=O)NC(CCCN=C(N)N)C(=O)NC(CCCN=C(N)N)C(N)=O. The van der Waals surface area contributed by atoms with Crippen molar-refractivity contribution in [1.29, 1.82) is 0 Å². The molecule has 0 saturated heterocycles. The number of rotatable bonds is 27. The number of carboxylic acids is 2. The summed E-state index contributed by atoms with van der Waals surface area (Å²) >= 11 is 1.33. The number of aliphatic carboxylic acids is 2. The van der Waals surface area contributed by atoms with Crippen LogP contribution in [0.4, 0.5) is 0 Å². The Bertz CT molecular complexity index is 1310. The number of carbonyl (C=O) groups excluding carboxylic acids is 6. The molecule has 0 bridgehead atoms. The summed E-state index contributed by atoms with van der Waals surface area (Å²) in [6, 6.07) is -6.65. The molecule has 0 rings (SSSR count). The van der Waals surface area contributed by atoms with Crippen LogP contribution in [-0.2, 0) is 38.4 Å². The predicted octanol–water partition coefficient (Wildman–Crippen LogP) is -4.49. The van der Waals surface area contributed by atoms with Gasteiger partial charge in [-0.25, -0.2) is 0 Å². The number of primary amides is 1. The lowest BCUT2D eigenvalue weighted by Gasteiger charge is -2.27. The Morgan fingerprint density at radius 3 is 1.25 bits per heavy atom. The van der Waals surface area contributed by atoms with Crippen molar-refractivity contribution in [2.45, 2.75) is 94.9 Å². The average Bonchev–Trinajstić information content (AvgIpc) is 3.04. The van der Waals surface area contributed by atoms with Crippen LogP contribution in [0.15, 0.2) is 9.98 Å². The summed E-state index contributed by atoms with van der Waals surface area (Å²) in [5.74, 6) is -7.61. The summed E-state index contributed by atoms with van der Waals surface area (Å²) in [5.41, 5.74) is 26.8. The number of carbonyl (C=O) groups is 8. The van der Waals surface area contributed by atoms with E-state index in [0.29, 0.717) is 5.75 Å². The Morgan fingerprint density at radius 2 is 0.904 bits per heavy atom. The molecule has 0 aliphatic rings. The van der Waals surface area contributed by atoms with Crippen molar-refractivity contribution in [1.82, 2.24) is 26.6 Å². The lowest BCUT2D eigenvalue weighted by atomic mass is 10.0. The zero-order valence-electron chi connectivity index (χ0n) is 29.2. The standard InChI is InChI=1S/C29H52N12O10S/c1-15(42)37-18(7-9-21(43)44)25(49)41-20(11-14-52-2)27(51)40-19(8-10-22(45)46)26(50)39-17(6-4-13-36-29(33)34)24(48)38-16(23(30)47)5-3-12-35-28(31)32/h16-20H,3-14H2,1-2H3,(H2,30,47)(H,37,42)(H,38,48)(H,39,50)(H,40,51)(H,41,49)(H,43,44)(H,45,46)(H4,31,32,35)(H4,33,34,36). The minimum absolute atomic E-state index is 0.0330. The Morgan fingerprint density at radius 1 is 0.558 bits per heavy atom. The first kappa shape index (κ1) is 46.6. The van der Waals surface area contributed by atoms with Gasteiger partial charge in [0.25, 0.3) is 0 Å². The average molecular weight is 761 g/mol. The summed E-state index contributed by atoms with van der Waals surface area (Å²) < 4.78 is 0. The number of nitrogens with zero attached hydrogens (tertiary/aromatic N) is 2. The van der Waals surface area contributed by atoms with E-state index < -0.39 is 96.9 Å². The maximum atomic E-state index is 13.6. The number of hydrogen-bond donors (Lipinski definition) is 12. The molecule has 0 fully saturated rings. The highest BCUT2D eigenvalue weighted by Crippen LogP contribution is 2.09. The molecule has 0 radical (unpaired) electrons. The smallest absolute Gasteiger partial charge is 0.303 e. The van der Waals surface area contributed by atoms with E-state index in [2.05, 4.69) is 36.6 Å². The molecular weight excluding hydrogens is 708 g/mol. The van der Waals surface area contributed by atoms with Crippen molar-refractivity contribution in [2.75, 3.05) is 25.1 Å². The number of hydrogen-bond acceptors (Lipinski definition) is 11. The second-order valence-corrected chi connectivity index (χ2v) is 12.4. The van der Waals surface area contributed by atoms with Crippen LogP contribution in [0.2, 0.25) is 0 Å². The van der Waals surface area contributed by atoms with Gasteiger partial charge < -0.3 is 65.5 Å². The van der Waals surface area contributed by atoms with Crippen molar-refractivity contribution in [3.05, 3.63) is 0 Å². The molecule has 22 nitrogen and oxygen atoms in total. The zero-order valence-corrected chi connectivity index (χ0v) is 30.0. The third-order valence-electron chi connectivity index (χ3n) is 7.05. The molecule has 5 atom stereocenters. The van der Waals surface area contributed by atoms with Crippen LogP contribution < -0.4 is 55.3 Å². The van der Waals surface area contributed by atoms with Gasteiger partial charge in [-0.3, -0.25) is 48.3 Å². The second kappa shape index (κ2) is 25.6. The normalized spacial score (nSPS) is 13.4. The van der Waals surface area contributed by atoms with Gasteiger partial charge in [0.05, 0.1) is 0 Å². The van der Waals surface area contributed by atoms with Crippen molar-refractivity contribution < 1.29 is 48.6 Å². The topological polar surface area (TPSA) is 392 Å². The van der Waals surface area contributed by atoms with Crippen molar-refractivity contribution in [3.63, 3.8) is 0 Å². The molecule has 17 N–H and O–H groups in total. The van der Waals surface area contributed by atoms with Crippen LogP contribution >= 0.6 is 11.8 Å². The Kier molecular flexibility index (Phi) is 22.9. The summed E-state index contributed by atoms with van der Waals surface area (Å²) in [6.07, 6.45) is 0.415. The highest BCUT2D eigenvalue weighted by molar-refractivity contribution is 7.98. The molecule has 6 amide bonds. The van der Waals surface area contributed by atoms with Gasteiger partial charge >= 0.3 is 11.9 Å². The number of guanidine groups is 2. The minimum atomic E-state index is -1.53. The van der Waals surface area contributed by atoms with Crippen LogP contribution in [0.5, 0.6) is 0 Å². The first-order valence-corrected chi connectivity index (χ1v) is 17.6. The molecule has 5 unspecified atom stereocenters. The van der Waals surface area contributed by atoms with Crippen molar-refractivity contribution >= 4 is 71.1 Å². The van der Waals surface area contributed by atoms with Gasteiger partial charge in [0, 0.05) is 32.9 Å². The fourth-order valence-electron chi connectivity index (χ4n) is 4.47. The number of nitrogens with two attached hydrogens (primary N) is 5. The summed E-state index contributed by atoms with van der Waals surface area (Å²) in [4.78, 5) is 107. The second-order valence-electron chi connectivity index (χ2n) is 11.4. The number of thioether (sulfide) groups is 1. The molecule has 0 aliphatic carbocycles. The molecule has 0 aromatic carbocycles. The van der Waals surface area contributed by atoms with Crippen LogP contribution in [0.1, 0.15) is 64.7 Å². The molecule has 23 heteroatoms. The van der Waals surface area contributed by atoms with Crippen molar-refractivity contribution in [2.24, 2.45) is 38.7 Å². The first-order chi connectivity index (χ1) is 24.4. The lowest BCUT2D eigenvalue weighted by molar-refractivity contribution is -0.138. The van der Waals surface area contributed by atoms with E-state index in [9.17, 15) is 43.5 Å². The molecule has 0 aromatic heterocycles. The first-order valence-electron chi connectivity index (χ1n) is 16.2. The van der Waals surface area contributed by atoms with Crippen LogP contribution in [-0.4, -0.2) is 125 Å². The van der Waals surface area contributed by atoms with Gasteiger partial charge in [0.1, 0.15) is 30.2 Å². The van der Waals surface area contributed by atoms with E-state index in [4.69, 9.17) is 33.8 Å². The molecule has 0 aliphatic heterocycles.